The molecule has 1 unspecified atom stereocenters. The van der Waals surface area contributed by atoms with E-state index in [-0.39, 0.29) is 0 Å². The molecule has 2 N–H and O–H groups in total. The third-order valence-electron chi connectivity index (χ3n) is 2.41. The number of hydrogen-bond acceptors (Lipinski definition) is 5. The minimum Gasteiger partial charge on any atom is -0.313 e. The van der Waals surface area contributed by atoms with Crippen LogP contribution in [0, 0.1) is 0 Å². The maximum absolute atomic E-state index is 4.10. The van der Waals surface area contributed by atoms with Gasteiger partial charge < -0.3 is 10.6 Å². The molecule has 0 bridgehead atoms. The van der Waals surface area contributed by atoms with Crippen molar-refractivity contribution in [2.24, 2.45) is 0 Å². The summed E-state index contributed by atoms with van der Waals surface area (Å²) >= 11 is 1.50. The monoisotopic (exact) mass is 242 g/mol. The van der Waals surface area contributed by atoms with Crippen molar-refractivity contribution in [1.82, 2.24) is 20.2 Å². The number of aryl methyl sites for hydroxylation is 1. The molecule has 1 rings (SSSR count). The summed E-state index contributed by atoms with van der Waals surface area (Å²) in [4.78, 5) is 1.26. The summed E-state index contributed by atoms with van der Waals surface area (Å²) in [7, 11) is 0. The Morgan fingerprint density at radius 1 is 1.25 bits per heavy atom. The maximum atomic E-state index is 4.10. The second kappa shape index (κ2) is 6.93. The van der Waals surface area contributed by atoms with E-state index in [9.17, 15) is 0 Å². The van der Waals surface area contributed by atoms with Crippen molar-refractivity contribution in [1.29, 1.82) is 0 Å². The molecule has 0 fully saturated rings. The molecule has 1 aromatic rings. The van der Waals surface area contributed by atoms with Gasteiger partial charge in [0.15, 0.2) is 0 Å². The van der Waals surface area contributed by atoms with E-state index in [1.54, 1.807) is 0 Å². The van der Waals surface area contributed by atoms with Crippen molar-refractivity contribution in [3.8, 4) is 0 Å². The van der Waals surface area contributed by atoms with Crippen LogP contribution in [0.1, 0.15) is 38.3 Å². The van der Waals surface area contributed by atoms with Crippen molar-refractivity contribution < 1.29 is 0 Å². The average Bonchev–Trinajstić information content (AvgIpc) is 2.70. The molecule has 5 heteroatoms. The predicted octanol–water partition coefficient (Wildman–Crippen LogP) is 1.58. The van der Waals surface area contributed by atoms with Gasteiger partial charge in [0.2, 0.25) is 0 Å². The summed E-state index contributed by atoms with van der Waals surface area (Å²) in [6.07, 6.45) is 0.964. The largest absolute Gasteiger partial charge is 0.313 e. The van der Waals surface area contributed by atoms with Crippen molar-refractivity contribution in [3.63, 3.8) is 0 Å². The summed E-state index contributed by atoms with van der Waals surface area (Å²) in [5, 5.41) is 11.0. The molecular weight excluding hydrogens is 220 g/mol. The van der Waals surface area contributed by atoms with E-state index in [4.69, 9.17) is 0 Å². The SMILES string of the molecule is CCc1nnsc1CNC(C)CNC(C)C. The lowest BCUT2D eigenvalue weighted by Crippen LogP contribution is -2.38. The minimum absolute atomic E-state index is 0.467. The van der Waals surface area contributed by atoms with E-state index in [1.807, 2.05) is 0 Å². The molecule has 0 saturated carbocycles. The van der Waals surface area contributed by atoms with Gasteiger partial charge in [-0.15, -0.1) is 5.10 Å². The zero-order valence-electron chi connectivity index (χ0n) is 10.6. The van der Waals surface area contributed by atoms with Gasteiger partial charge in [-0.3, -0.25) is 0 Å². The van der Waals surface area contributed by atoms with E-state index in [1.165, 1.54) is 16.4 Å². The van der Waals surface area contributed by atoms with Crippen LogP contribution in [0.25, 0.3) is 0 Å². The number of nitrogens with one attached hydrogen (secondary N) is 2. The van der Waals surface area contributed by atoms with Crippen LogP contribution in [0.2, 0.25) is 0 Å². The van der Waals surface area contributed by atoms with Crippen LogP contribution in [0.4, 0.5) is 0 Å². The Bertz CT molecular complexity index is 298. The van der Waals surface area contributed by atoms with Crippen LogP contribution in [-0.2, 0) is 13.0 Å². The molecule has 0 aliphatic rings. The molecule has 16 heavy (non-hydrogen) atoms. The lowest BCUT2D eigenvalue weighted by Gasteiger charge is -2.16. The van der Waals surface area contributed by atoms with Crippen molar-refractivity contribution >= 4 is 11.5 Å². The molecule has 0 aromatic carbocycles. The summed E-state index contributed by atoms with van der Waals surface area (Å²) in [6, 6.07) is 1.01. The van der Waals surface area contributed by atoms with E-state index in [0.29, 0.717) is 12.1 Å². The number of nitrogens with zero attached hydrogens (tertiary/aromatic N) is 2. The minimum atomic E-state index is 0.467. The highest BCUT2D eigenvalue weighted by molar-refractivity contribution is 7.05. The third kappa shape index (κ3) is 4.55. The smallest absolute Gasteiger partial charge is 0.0797 e. The lowest BCUT2D eigenvalue weighted by molar-refractivity contribution is 0.474. The Morgan fingerprint density at radius 2 is 2.00 bits per heavy atom. The molecule has 1 aromatic heterocycles. The van der Waals surface area contributed by atoms with Gasteiger partial charge in [0, 0.05) is 25.2 Å². The molecule has 0 spiro atoms. The second-order valence-corrected chi connectivity index (χ2v) is 5.18. The lowest BCUT2D eigenvalue weighted by atomic mass is 10.2. The molecule has 0 amide bonds. The van der Waals surface area contributed by atoms with Gasteiger partial charge in [0.05, 0.1) is 10.6 Å². The summed E-state index contributed by atoms with van der Waals surface area (Å²) < 4.78 is 3.98. The maximum Gasteiger partial charge on any atom is 0.0797 e. The summed E-state index contributed by atoms with van der Waals surface area (Å²) in [5.41, 5.74) is 1.13. The fourth-order valence-electron chi connectivity index (χ4n) is 1.38. The average molecular weight is 242 g/mol. The molecule has 1 heterocycles. The van der Waals surface area contributed by atoms with Crippen molar-refractivity contribution in [2.75, 3.05) is 6.54 Å². The van der Waals surface area contributed by atoms with Gasteiger partial charge in [-0.25, -0.2) is 0 Å². The fourth-order valence-corrected chi connectivity index (χ4v) is 2.06. The molecule has 0 aliphatic heterocycles. The molecule has 0 saturated heterocycles. The molecule has 0 aliphatic carbocycles. The van der Waals surface area contributed by atoms with Crippen molar-refractivity contribution in [3.05, 3.63) is 10.6 Å². The van der Waals surface area contributed by atoms with Gasteiger partial charge in [0.1, 0.15) is 0 Å². The zero-order chi connectivity index (χ0) is 12.0. The van der Waals surface area contributed by atoms with Crippen LogP contribution >= 0.6 is 11.5 Å². The van der Waals surface area contributed by atoms with E-state index >= 15 is 0 Å². The summed E-state index contributed by atoms with van der Waals surface area (Å²) in [5.74, 6) is 0. The Hall–Kier alpha value is -0.520. The first-order valence-corrected chi connectivity index (χ1v) is 6.67. The van der Waals surface area contributed by atoms with Crippen LogP contribution in [-0.4, -0.2) is 28.2 Å². The Morgan fingerprint density at radius 3 is 2.62 bits per heavy atom. The van der Waals surface area contributed by atoms with Crippen molar-refractivity contribution in [2.45, 2.75) is 52.7 Å². The highest BCUT2D eigenvalue weighted by atomic mass is 32.1. The van der Waals surface area contributed by atoms with Crippen LogP contribution in [0.3, 0.4) is 0 Å². The highest BCUT2D eigenvalue weighted by Gasteiger charge is 2.07. The van der Waals surface area contributed by atoms with Crippen LogP contribution in [0.15, 0.2) is 0 Å². The first kappa shape index (κ1) is 13.5. The number of hydrogen-bond donors (Lipinski definition) is 2. The molecule has 0 radical (unpaired) electrons. The van der Waals surface area contributed by atoms with E-state index in [2.05, 4.69) is 47.9 Å². The second-order valence-electron chi connectivity index (χ2n) is 4.34. The third-order valence-corrected chi connectivity index (χ3v) is 3.18. The number of rotatable bonds is 7. The first-order chi connectivity index (χ1) is 7.63. The quantitative estimate of drug-likeness (QED) is 0.762. The predicted molar refractivity (Wildman–Crippen MR) is 68.7 cm³/mol. The topological polar surface area (TPSA) is 49.8 Å². The fraction of sp³-hybridized carbons (Fsp3) is 0.818. The first-order valence-electron chi connectivity index (χ1n) is 5.90. The van der Waals surface area contributed by atoms with Gasteiger partial charge in [-0.1, -0.05) is 25.3 Å². The Kier molecular flexibility index (Phi) is 5.87. The highest BCUT2D eigenvalue weighted by Crippen LogP contribution is 2.10. The van der Waals surface area contributed by atoms with Gasteiger partial charge in [-0.2, -0.15) is 0 Å². The van der Waals surface area contributed by atoms with Gasteiger partial charge >= 0.3 is 0 Å². The number of aromatic nitrogens is 2. The Labute approximate surface area is 102 Å². The van der Waals surface area contributed by atoms with E-state index < -0.39 is 0 Å². The molecule has 1 atom stereocenters. The van der Waals surface area contributed by atoms with Gasteiger partial charge in [-0.05, 0) is 24.9 Å². The molecule has 4 nitrogen and oxygen atoms in total. The molecular formula is C11H22N4S. The zero-order valence-corrected chi connectivity index (χ0v) is 11.4. The Balaban J connectivity index is 2.28. The van der Waals surface area contributed by atoms with Crippen LogP contribution in [0.5, 0.6) is 0 Å². The normalized spacial score (nSPS) is 13.3. The van der Waals surface area contributed by atoms with Gasteiger partial charge in [0.25, 0.3) is 0 Å². The molecule has 92 valence electrons. The van der Waals surface area contributed by atoms with Crippen LogP contribution < -0.4 is 10.6 Å². The standard InChI is InChI=1S/C11H22N4S/c1-5-10-11(16-15-14-10)7-13-9(4)6-12-8(2)3/h8-9,12-13H,5-7H2,1-4H3. The summed E-state index contributed by atoms with van der Waals surface area (Å²) in [6.45, 7) is 10.5. The van der Waals surface area contributed by atoms with E-state index in [0.717, 1.165) is 25.2 Å².